The van der Waals surface area contributed by atoms with Gasteiger partial charge in [-0.2, -0.15) is 0 Å². The van der Waals surface area contributed by atoms with Gasteiger partial charge in [0.2, 0.25) is 0 Å². The highest BCUT2D eigenvalue weighted by molar-refractivity contribution is 9.09. The molecule has 0 radical (unpaired) electrons. The van der Waals surface area contributed by atoms with E-state index < -0.39 is 0 Å². The van der Waals surface area contributed by atoms with E-state index in [0.717, 1.165) is 18.3 Å². The number of hydrogen-bond acceptors (Lipinski definition) is 4. The molecule has 0 fully saturated rings. The summed E-state index contributed by atoms with van der Waals surface area (Å²) >= 11 is 5.18. The van der Waals surface area contributed by atoms with Gasteiger partial charge >= 0.3 is 0 Å². The standard InChI is InChI=1S/C8H13BrN2OS/c1-11(5-7(9)6-12-2)8-10-3-4-13-8/h3-4,7H,5-6H2,1-2H3. The molecule has 0 aliphatic carbocycles. The first kappa shape index (κ1) is 10.9. The average molecular weight is 265 g/mol. The molecule has 1 atom stereocenters. The van der Waals surface area contributed by atoms with Crippen LogP contribution >= 0.6 is 27.3 Å². The average Bonchev–Trinajstić information content (AvgIpc) is 2.55. The zero-order valence-corrected chi connectivity index (χ0v) is 10.1. The number of thiazole rings is 1. The monoisotopic (exact) mass is 264 g/mol. The predicted octanol–water partition coefficient (Wildman–Crippen LogP) is 1.99. The first-order valence-electron chi connectivity index (χ1n) is 3.97. The molecule has 1 heterocycles. The fraction of sp³-hybridized carbons (Fsp3) is 0.625. The Morgan fingerprint density at radius 3 is 3.08 bits per heavy atom. The Bertz CT molecular complexity index is 230. The van der Waals surface area contributed by atoms with Crippen LogP contribution in [0.1, 0.15) is 0 Å². The predicted molar refractivity (Wildman–Crippen MR) is 60.0 cm³/mol. The third-order valence-corrected chi connectivity index (χ3v) is 3.00. The Balaban J connectivity index is 2.37. The summed E-state index contributed by atoms with van der Waals surface area (Å²) in [6.45, 7) is 1.62. The van der Waals surface area contributed by atoms with E-state index in [1.165, 1.54) is 0 Å². The number of ether oxygens (including phenoxy) is 1. The number of methoxy groups -OCH3 is 1. The SMILES string of the molecule is COCC(Br)CN(C)c1nccs1. The van der Waals surface area contributed by atoms with E-state index in [1.54, 1.807) is 18.4 Å². The van der Waals surface area contributed by atoms with Gasteiger partial charge < -0.3 is 9.64 Å². The molecule has 13 heavy (non-hydrogen) atoms. The molecule has 5 heteroatoms. The number of halogens is 1. The minimum absolute atomic E-state index is 0.353. The molecule has 0 saturated carbocycles. The molecule has 1 rings (SSSR count). The minimum Gasteiger partial charge on any atom is -0.383 e. The van der Waals surface area contributed by atoms with Crippen LogP contribution in [-0.2, 0) is 4.74 Å². The molecule has 0 saturated heterocycles. The molecule has 0 aromatic carbocycles. The molecule has 3 nitrogen and oxygen atoms in total. The summed E-state index contributed by atoms with van der Waals surface area (Å²) in [5.74, 6) is 0. The van der Waals surface area contributed by atoms with Gasteiger partial charge in [-0.25, -0.2) is 4.98 Å². The van der Waals surface area contributed by atoms with Crippen LogP contribution in [0.4, 0.5) is 5.13 Å². The van der Waals surface area contributed by atoms with E-state index in [4.69, 9.17) is 4.74 Å². The van der Waals surface area contributed by atoms with Crippen molar-refractivity contribution in [2.75, 3.05) is 32.2 Å². The van der Waals surface area contributed by atoms with Crippen LogP contribution in [0.3, 0.4) is 0 Å². The summed E-state index contributed by atoms with van der Waals surface area (Å²) in [6.07, 6.45) is 1.82. The van der Waals surface area contributed by atoms with E-state index >= 15 is 0 Å². The molecule has 1 unspecified atom stereocenters. The van der Waals surface area contributed by atoms with E-state index in [1.807, 2.05) is 18.6 Å². The van der Waals surface area contributed by atoms with Crippen molar-refractivity contribution in [3.8, 4) is 0 Å². The van der Waals surface area contributed by atoms with E-state index in [0.29, 0.717) is 4.83 Å². The molecule has 0 N–H and O–H groups in total. The number of aromatic nitrogens is 1. The lowest BCUT2D eigenvalue weighted by atomic mass is 10.4. The number of nitrogens with zero attached hydrogens (tertiary/aromatic N) is 2. The van der Waals surface area contributed by atoms with E-state index in [2.05, 4.69) is 25.8 Å². The van der Waals surface area contributed by atoms with Gasteiger partial charge in [0, 0.05) is 32.3 Å². The molecule has 0 aliphatic heterocycles. The van der Waals surface area contributed by atoms with Crippen LogP contribution in [0.5, 0.6) is 0 Å². The highest BCUT2D eigenvalue weighted by Gasteiger charge is 2.09. The van der Waals surface area contributed by atoms with Crippen molar-refractivity contribution in [3.63, 3.8) is 0 Å². The Kier molecular flexibility index (Phi) is 4.69. The van der Waals surface area contributed by atoms with Gasteiger partial charge in [-0.1, -0.05) is 15.9 Å². The third kappa shape index (κ3) is 3.62. The number of hydrogen-bond donors (Lipinski definition) is 0. The second-order valence-electron chi connectivity index (χ2n) is 2.75. The third-order valence-electron chi connectivity index (χ3n) is 1.57. The van der Waals surface area contributed by atoms with Crippen LogP contribution in [0, 0.1) is 0 Å². The molecule has 74 valence electrons. The fourth-order valence-electron chi connectivity index (χ4n) is 1.01. The zero-order valence-electron chi connectivity index (χ0n) is 7.74. The van der Waals surface area contributed by atoms with Crippen molar-refractivity contribution < 1.29 is 4.74 Å². The summed E-state index contributed by atoms with van der Waals surface area (Å²) in [5, 5.41) is 3.02. The van der Waals surface area contributed by atoms with Gasteiger partial charge in [0.15, 0.2) is 5.13 Å². The maximum absolute atomic E-state index is 5.03. The normalized spacial score (nSPS) is 12.8. The highest BCUT2D eigenvalue weighted by Crippen LogP contribution is 2.16. The quantitative estimate of drug-likeness (QED) is 0.761. The zero-order chi connectivity index (χ0) is 9.68. The van der Waals surface area contributed by atoms with Crippen LogP contribution in [0.2, 0.25) is 0 Å². The van der Waals surface area contributed by atoms with Gasteiger partial charge in [0.1, 0.15) is 0 Å². The molecule has 0 bridgehead atoms. The molecular weight excluding hydrogens is 252 g/mol. The van der Waals surface area contributed by atoms with Crippen LogP contribution < -0.4 is 4.90 Å². The summed E-state index contributed by atoms with van der Waals surface area (Å²) in [4.78, 5) is 6.68. The van der Waals surface area contributed by atoms with Gasteiger partial charge in [0.05, 0.1) is 11.4 Å². The second kappa shape index (κ2) is 5.57. The maximum atomic E-state index is 5.03. The first-order valence-corrected chi connectivity index (χ1v) is 5.77. The van der Waals surface area contributed by atoms with Gasteiger partial charge in [-0.15, -0.1) is 11.3 Å². The van der Waals surface area contributed by atoms with Gasteiger partial charge in [-0.05, 0) is 0 Å². The van der Waals surface area contributed by atoms with Crippen molar-refractivity contribution in [2.45, 2.75) is 4.83 Å². The van der Waals surface area contributed by atoms with Crippen molar-refractivity contribution >= 4 is 32.4 Å². The maximum Gasteiger partial charge on any atom is 0.184 e. The van der Waals surface area contributed by atoms with Crippen LogP contribution in [0.15, 0.2) is 11.6 Å². The topological polar surface area (TPSA) is 25.4 Å². The van der Waals surface area contributed by atoms with Crippen molar-refractivity contribution in [3.05, 3.63) is 11.6 Å². The Labute approximate surface area is 90.9 Å². The first-order chi connectivity index (χ1) is 6.24. The Morgan fingerprint density at radius 2 is 2.54 bits per heavy atom. The van der Waals surface area contributed by atoms with Crippen LogP contribution in [0.25, 0.3) is 0 Å². The minimum atomic E-state index is 0.353. The molecule has 1 aromatic heterocycles. The summed E-state index contributed by atoms with van der Waals surface area (Å²) in [5.41, 5.74) is 0. The lowest BCUT2D eigenvalue weighted by molar-refractivity contribution is 0.202. The summed E-state index contributed by atoms with van der Waals surface area (Å²) in [6, 6.07) is 0. The lowest BCUT2D eigenvalue weighted by Gasteiger charge is -2.18. The van der Waals surface area contributed by atoms with Crippen molar-refractivity contribution in [2.24, 2.45) is 0 Å². The number of alkyl halides is 1. The summed E-state index contributed by atoms with van der Waals surface area (Å²) in [7, 11) is 3.74. The Morgan fingerprint density at radius 1 is 1.77 bits per heavy atom. The second-order valence-corrected chi connectivity index (χ2v) is 4.92. The Hall–Kier alpha value is -0.130. The van der Waals surface area contributed by atoms with Gasteiger partial charge in [-0.3, -0.25) is 0 Å². The molecule has 1 aromatic rings. The number of anilines is 1. The van der Waals surface area contributed by atoms with Crippen LogP contribution in [-0.4, -0.2) is 37.1 Å². The van der Waals surface area contributed by atoms with Gasteiger partial charge in [0.25, 0.3) is 0 Å². The smallest absolute Gasteiger partial charge is 0.184 e. The molecule has 0 aliphatic rings. The van der Waals surface area contributed by atoms with E-state index in [-0.39, 0.29) is 0 Å². The fourth-order valence-corrected chi connectivity index (χ4v) is 2.33. The summed E-state index contributed by atoms with van der Waals surface area (Å²) < 4.78 is 5.03. The molecular formula is C8H13BrN2OS. The lowest BCUT2D eigenvalue weighted by Crippen LogP contribution is -2.27. The van der Waals surface area contributed by atoms with Crippen molar-refractivity contribution in [1.29, 1.82) is 0 Å². The van der Waals surface area contributed by atoms with Crippen molar-refractivity contribution in [1.82, 2.24) is 4.98 Å². The molecule has 0 amide bonds. The largest absolute Gasteiger partial charge is 0.383 e. The highest BCUT2D eigenvalue weighted by atomic mass is 79.9. The molecule has 0 spiro atoms. The number of rotatable bonds is 5. The van der Waals surface area contributed by atoms with E-state index in [9.17, 15) is 0 Å².